The van der Waals surface area contributed by atoms with Crippen LogP contribution in [-0.4, -0.2) is 19.4 Å². The second-order valence-electron chi connectivity index (χ2n) is 4.61. The maximum absolute atomic E-state index is 5.26. The summed E-state index contributed by atoms with van der Waals surface area (Å²) in [4.78, 5) is 1.32. The van der Waals surface area contributed by atoms with Crippen molar-refractivity contribution in [3.8, 4) is 5.75 Å². The van der Waals surface area contributed by atoms with Crippen LogP contribution in [0.2, 0.25) is 0 Å². The van der Waals surface area contributed by atoms with Crippen molar-refractivity contribution in [3.05, 3.63) is 60.2 Å². The molecule has 0 radical (unpaired) electrons. The van der Waals surface area contributed by atoms with E-state index in [0.29, 0.717) is 6.04 Å². The van der Waals surface area contributed by atoms with Gasteiger partial charge in [-0.05, 0) is 36.8 Å². The first-order valence-electron chi connectivity index (χ1n) is 6.85. The molecule has 0 aliphatic rings. The molecule has 20 heavy (non-hydrogen) atoms. The van der Waals surface area contributed by atoms with Gasteiger partial charge in [-0.25, -0.2) is 0 Å². The Kier molecular flexibility index (Phi) is 5.96. The number of thioether (sulfide) groups is 1. The Hall–Kier alpha value is -1.45. The van der Waals surface area contributed by atoms with Crippen molar-refractivity contribution in [3.63, 3.8) is 0 Å². The summed E-state index contributed by atoms with van der Waals surface area (Å²) in [6.07, 6.45) is 0. The van der Waals surface area contributed by atoms with Crippen LogP contribution in [0.25, 0.3) is 0 Å². The monoisotopic (exact) mass is 287 g/mol. The molecule has 3 heteroatoms. The fourth-order valence-corrected chi connectivity index (χ4v) is 2.79. The number of rotatable bonds is 7. The molecule has 0 fully saturated rings. The van der Waals surface area contributed by atoms with Crippen LogP contribution in [0.4, 0.5) is 0 Å². The predicted molar refractivity (Wildman–Crippen MR) is 86.6 cm³/mol. The van der Waals surface area contributed by atoms with Crippen LogP contribution in [0.15, 0.2) is 59.5 Å². The number of methoxy groups -OCH3 is 1. The summed E-state index contributed by atoms with van der Waals surface area (Å²) in [5.41, 5.74) is 1.26. The molecule has 1 atom stereocenters. The van der Waals surface area contributed by atoms with Crippen LogP contribution in [0.3, 0.4) is 0 Å². The topological polar surface area (TPSA) is 21.3 Å². The van der Waals surface area contributed by atoms with E-state index in [2.05, 4.69) is 48.6 Å². The number of hydrogen-bond donors (Lipinski definition) is 1. The van der Waals surface area contributed by atoms with Crippen LogP contribution in [0.5, 0.6) is 5.75 Å². The predicted octanol–water partition coefficient (Wildman–Crippen LogP) is 4.14. The molecule has 0 heterocycles. The Morgan fingerprint density at radius 2 is 1.90 bits per heavy atom. The minimum atomic E-state index is 0.335. The SMILES string of the molecule is COc1cccc([C@H](C)NCCSc2ccccc2)c1. The maximum atomic E-state index is 5.26. The second-order valence-corrected chi connectivity index (χ2v) is 5.78. The van der Waals surface area contributed by atoms with Gasteiger partial charge in [-0.1, -0.05) is 30.3 Å². The van der Waals surface area contributed by atoms with Crippen molar-refractivity contribution in [2.75, 3.05) is 19.4 Å². The first kappa shape index (κ1) is 14.9. The summed E-state index contributed by atoms with van der Waals surface area (Å²) in [5, 5.41) is 3.54. The number of nitrogens with one attached hydrogen (secondary N) is 1. The molecule has 2 aromatic rings. The van der Waals surface area contributed by atoms with Crippen LogP contribution in [-0.2, 0) is 0 Å². The molecule has 0 spiro atoms. The molecule has 2 aromatic carbocycles. The highest BCUT2D eigenvalue weighted by Crippen LogP contribution is 2.19. The smallest absolute Gasteiger partial charge is 0.119 e. The van der Waals surface area contributed by atoms with E-state index in [0.717, 1.165) is 18.0 Å². The van der Waals surface area contributed by atoms with Gasteiger partial charge in [0, 0.05) is 23.2 Å². The molecule has 0 amide bonds. The van der Waals surface area contributed by atoms with Gasteiger partial charge in [0.15, 0.2) is 0 Å². The highest BCUT2D eigenvalue weighted by atomic mass is 32.2. The average Bonchev–Trinajstić information content (AvgIpc) is 2.52. The molecule has 2 rings (SSSR count). The largest absolute Gasteiger partial charge is 0.497 e. The first-order valence-corrected chi connectivity index (χ1v) is 7.83. The van der Waals surface area contributed by atoms with Crippen molar-refractivity contribution in [1.29, 1.82) is 0 Å². The Labute approximate surface area is 125 Å². The highest BCUT2D eigenvalue weighted by Gasteiger charge is 2.05. The summed E-state index contributed by atoms with van der Waals surface area (Å²) in [7, 11) is 1.70. The zero-order valence-corrected chi connectivity index (χ0v) is 12.8. The molecule has 0 aromatic heterocycles. The van der Waals surface area contributed by atoms with E-state index in [-0.39, 0.29) is 0 Å². The number of benzene rings is 2. The lowest BCUT2D eigenvalue weighted by Crippen LogP contribution is -2.21. The normalized spacial score (nSPS) is 12.1. The van der Waals surface area contributed by atoms with E-state index >= 15 is 0 Å². The van der Waals surface area contributed by atoms with E-state index in [9.17, 15) is 0 Å². The Balaban J connectivity index is 1.76. The molecule has 0 aliphatic carbocycles. The lowest BCUT2D eigenvalue weighted by Gasteiger charge is -2.15. The maximum Gasteiger partial charge on any atom is 0.119 e. The van der Waals surface area contributed by atoms with Gasteiger partial charge in [0.25, 0.3) is 0 Å². The molecule has 0 saturated heterocycles. The van der Waals surface area contributed by atoms with Crippen molar-refractivity contribution < 1.29 is 4.74 Å². The minimum absolute atomic E-state index is 0.335. The van der Waals surface area contributed by atoms with Gasteiger partial charge in [0.1, 0.15) is 5.75 Å². The van der Waals surface area contributed by atoms with Crippen LogP contribution in [0, 0.1) is 0 Å². The quantitative estimate of drug-likeness (QED) is 0.611. The van der Waals surface area contributed by atoms with Gasteiger partial charge in [0.2, 0.25) is 0 Å². The summed E-state index contributed by atoms with van der Waals surface area (Å²) in [6, 6.07) is 19.1. The molecule has 0 saturated carbocycles. The first-order chi connectivity index (χ1) is 9.79. The van der Waals surface area contributed by atoms with Gasteiger partial charge >= 0.3 is 0 Å². The zero-order valence-electron chi connectivity index (χ0n) is 12.0. The fraction of sp³-hybridized carbons (Fsp3) is 0.294. The molecule has 0 aliphatic heterocycles. The second kappa shape index (κ2) is 7.98. The van der Waals surface area contributed by atoms with Gasteiger partial charge < -0.3 is 10.1 Å². The van der Waals surface area contributed by atoms with Gasteiger partial charge in [-0.3, -0.25) is 0 Å². The van der Waals surface area contributed by atoms with Crippen LogP contribution < -0.4 is 10.1 Å². The van der Waals surface area contributed by atoms with Crippen molar-refractivity contribution in [2.45, 2.75) is 17.9 Å². The Morgan fingerprint density at radius 1 is 1.10 bits per heavy atom. The zero-order chi connectivity index (χ0) is 14.2. The molecule has 2 nitrogen and oxygen atoms in total. The van der Waals surface area contributed by atoms with Gasteiger partial charge in [-0.15, -0.1) is 11.8 Å². The minimum Gasteiger partial charge on any atom is -0.497 e. The van der Waals surface area contributed by atoms with E-state index < -0.39 is 0 Å². The lowest BCUT2D eigenvalue weighted by atomic mass is 10.1. The molecule has 1 N–H and O–H groups in total. The summed E-state index contributed by atoms with van der Waals surface area (Å²) in [6.45, 7) is 3.17. The van der Waals surface area contributed by atoms with E-state index in [4.69, 9.17) is 4.74 Å². The highest BCUT2D eigenvalue weighted by molar-refractivity contribution is 7.99. The van der Waals surface area contributed by atoms with Crippen molar-refractivity contribution >= 4 is 11.8 Å². The van der Waals surface area contributed by atoms with Crippen LogP contribution >= 0.6 is 11.8 Å². The molecular weight excluding hydrogens is 266 g/mol. The third kappa shape index (κ3) is 4.58. The van der Waals surface area contributed by atoms with Crippen LogP contribution in [0.1, 0.15) is 18.5 Å². The molecule has 0 bridgehead atoms. The third-order valence-corrected chi connectivity index (χ3v) is 4.17. The molecule has 106 valence electrons. The fourth-order valence-electron chi connectivity index (χ4n) is 1.99. The Morgan fingerprint density at radius 3 is 2.65 bits per heavy atom. The summed E-state index contributed by atoms with van der Waals surface area (Å²) >= 11 is 1.88. The molecule has 0 unspecified atom stereocenters. The Bertz CT molecular complexity index is 515. The van der Waals surface area contributed by atoms with E-state index in [1.54, 1.807) is 7.11 Å². The number of ether oxygens (including phenoxy) is 1. The summed E-state index contributed by atoms with van der Waals surface area (Å²) < 4.78 is 5.26. The van der Waals surface area contributed by atoms with Crippen molar-refractivity contribution in [1.82, 2.24) is 5.32 Å². The average molecular weight is 287 g/mol. The molecular formula is C17H21NOS. The van der Waals surface area contributed by atoms with E-state index in [1.807, 2.05) is 30.0 Å². The number of hydrogen-bond acceptors (Lipinski definition) is 3. The lowest BCUT2D eigenvalue weighted by molar-refractivity contribution is 0.413. The van der Waals surface area contributed by atoms with Gasteiger partial charge in [0.05, 0.1) is 7.11 Å². The third-order valence-electron chi connectivity index (χ3n) is 3.16. The van der Waals surface area contributed by atoms with E-state index in [1.165, 1.54) is 10.5 Å². The van der Waals surface area contributed by atoms with Crippen molar-refractivity contribution in [2.24, 2.45) is 0 Å². The summed E-state index contributed by atoms with van der Waals surface area (Å²) in [5.74, 6) is 1.98. The standard InChI is InChI=1S/C17H21NOS/c1-14(15-7-6-8-16(13-15)19-2)18-11-12-20-17-9-4-3-5-10-17/h3-10,13-14,18H,11-12H2,1-2H3/t14-/m0/s1. The van der Waals surface area contributed by atoms with Gasteiger partial charge in [-0.2, -0.15) is 0 Å².